The van der Waals surface area contributed by atoms with Crippen LogP contribution in [0.4, 0.5) is 0 Å². The lowest BCUT2D eigenvalue weighted by Gasteiger charge is -2.52. The van der Waals surface area contributed by atoms with Crippen LogP contribution < -0.4 is 20.7 Å². The van der Waals surface area contributed by atoms with Gasteiger partial charge in [0.05, 0.1) is 0 Å². The van der Waals surface area contributed by atoms with Gasteiger partial charge in [-0.05, 0) is 32.6 Å². The van der Waals surface area contributed by atoms with Crippen molar-refractivity contribution in [3.63, 3.8) is 0 Å². The van der Waals surface area contributed by atoms with Gasteiger partial charge < -0.3 is 0 Å². The summed E-state index contributed by atoms with van der Waals surface area (Å²) in [6.07, 6.45) is 5.06. The van der Waals surface area contributed by atoms with E-state index in [0.717, 1.165) is 0 Å². The first-order valence-corrected chi connectivity index (χ1v) is 23.7. The highest BCUT2D eigenvalue weighted by Crippen LogP contribution is 2.42. The van der Waals surface area contributed by atoms with Gasteiger partial charge in [0.15, 0.2) is 15.2 Å². The summed E-state index contributed by atoms with van der Waals surface area (Å²) in [6.45, 7) is 0. The van der Waals surface area contributed by atoms with Crippen LogP contribution in [0.3, 0.4) is 0 Å². The van der Waals surface area contributed by atoms with Crippen molar-refractivity contribution < 1.29 is 0 Å². The molecule has 54 heavy (non-hydrogen) atoms. The molecule has 0 radical (unpaired) electrons. The zero-order valence-corrected chi connectivity index (χ0v) is 32.2. The highest BCUT2D eigenvalue weighted by molar-refractivity contribution is 7.70. The number of hydrogen-bond donors (Lipinski definition) is 0. The molecule has 8 aromatic carbocycles. The Morgan fingerprint density at radius 2 is 0.444 bits per heavy atom. The molecule has 0 heterocycles. The topological polar surface area (TPSA) is 0 Å². The molecule has 0 unspecified atom stereocenters. The standard InChI is InChI=1S/C52H42Si2/c1-9-25-43(26-10-1)41-51(45-29-13-3-14-30-45)53(47-33-17-5-18-34-47,48-35-19-6-20-36-48)54(49-37-21-7-22-38-49,50-39-23-8-24-40-50)52(46-31-15-4-16-32-46)42-44-27-11-2-12-28-44/h1-42H/b51-41+,52-42+. The van der Waals surface area contributed by atoms with Crippen molar-refractivity contribution in [2.75, 3.05) is 0 Å². The van der Waals surface area contributed by atoms with E-state index in [1.165, 1.54) is 53.4 Å². The average molecular weight is 723 g/mol. The van der Waals surface area contributed by atoms with Crippen LogP contribution in [-0.2, 0) is 0 Å². The van der Waals surface area contributed by atoms with E-state index in [0.29, 0.717) is 0 Å². The van der Waals surface area contributed by atoms with Crippen LogP contribution in [-0.4, -0.2) is 15.2 Å². The van der Waals surface area contributed by atoms with E-state index in [2.05, 4.69) is 255 Å². The number of benzene rings is 8. The molecule has 0 saturated heterocycles. The predicted molar refractivity (Wildman–Crippen MR) is 237 cm³/mol. The summed E-state index contributed by atoms with van der Waals surface area (Å²) in [7, 11) is -6.66. The van der Waals surface area contributed by atoms with E-state index in [4.69, 9.17) is 0 Å². The summed E-state index contributed by atoms with van der Waals surface area (Å²) in [5, 5.41) is 8.32. The fourth-order valence-electron chi connectivity index (χ4n) is 8.46. The fourth-order valence-corrected chi connectivity index (χ4v) is 28.6. The van der Waals surface area contributed by atoms with Gasteiger partial charge in [-0.25, -0.2) is 0 Å². The second-order valence-corrected chi connectivity index (χ2v) is 24.5. The van der Waals surface area contributed by atoms with Crippen molar-refractivity contribution >= 4 is 58.5 Å². The molecule has 0 atom stereocenters. The van der Waals surface area contributed by atoms with Crippen LogP contribution >= 0.6 is 0 Å². The van der Waals surface area contributed by atoms with Crippen LogP contribution in [0, 0.1) is 0 Å². The molecule has 2 heteroatoms. The second kappa shape index (κ2) is 16.1. The summed E-state index contributed by atoms with van der Waals surface area (Å²) in [4.78, 5) is 0. The molecular formula is C52H42Si2. The van der Waals surface area contributed by atoms with Gasteiger partial charge in [0.2, 0.25) is 0 Å². The first-order valence-electron chi connectivity index (χ1n) is 18.7. The van der Waals surface area contributed by atoms with E-state index >= 15 is 0 Å². The summed E-state index contributed by atoms with van der Waals surface area (Å²) >= 11 is 0. The van der Waals surface area contributed by atoms with Crippen LogP contribution in [0.25, 0.3) is 22.5 Å². The normalized spacial score (nSPS) is 12.3. The van der Waals surface area contributed by atoms with E-state index < -0.39 is 15.2 Å². The molecule has 0 N–H and O–H groups in total. The Morgan fingerprint density at radius 3 is 0.685 bits per heavy atom. The van der Waals surface area contributed by atoms with E-state index in [1.54, 1.807) is 0 Å². The highest BCUT2D eigenvalue weighted by atomic mass is 29.3. The molecule has 0 saturated carbocycles. The molecule has 0 amide bonds. The minimum atomic E-state index is -3.33. The maximum absolute atomic E-state index is 3.33. The molecule has 0 spiro atoms. The van der Waals surface area contributed by atoms with Crippen molar-refractivity contribution in [3.05, 3.63) is 265 Å². The minimum Gasteiger partial charge on any atom is -0.0624 e. The third-order valence-corrected chi connectivity index (χ3v) is 27.4. The Labute approximate surface area is 321 Å². The molecule has 0 fully saturated rings. The van der Waals surface area contributed by atoms with E-state index in [-0.39, 0.29) is 0 Å². The van der Waals surface area contributed by atoms with Crippen molar-refractivity contribution in [2.45, 2.75) is 0 Å². The summed E-state index contributed by atoms with van der Waals surface area (Å²) in [5.41, 5.74) is 4.88. The van der Waals surface area contributed by atoms with Gasteiger partial charge in [-0.3, -0.25) is 0 Å². The van der Waals surface area contributed by atoms with Gasteiger partial charge in [-0.1, -0.05) is 276 Å². The Balaban J connectivity index is 1.72. The molecule has 0 aromatic heterocycles. The molecule has 0 aliphatic heterocycles. The molecule has 0 aliphatic carbocycles. The molecule has 0 bridgehead atoms. The molecule has 0 aliphatic rings. The maximum Gasteiger partial charge on any atom is 0.155 e. The largest absolute Gasteiger partial charge is 0.155 e. The lowest BCUT2D eigenvalue weighted by molar-refractivity contribution is 1.61. The van der Waals surface area contributed by atoms with Crippen molar-refractivity contribution in [3.8, 4) is 0 Å². The lowest BCUT2D eigenvalue weighted by atomic mass is 10.1. The smallest absolute Gasteiger partial charge is 0.0624 e. The van der Waals surface area contributed by atoms with Crippen molar-refractivity contribution in [1.29, 1.82) is 0 Å². The third kappa shape index (κ3) is 6.47. The quantitative estimate of drug-likeness (QED) is 0.0921. The van der Waals surface area contributed by atoms with Crippen LogP contribution in [0.1, 0.15) is 22.3 Å². The zero-order chi connectivity index (χ0) is 36.5. The van der Waals surface area contributed by atoms with Gasteiger partial charge in [0.25, 0.3) is 0 Å². The minimum absolute atomic E-state index is 1.19. The van der Waals surface area contributed by atoms with Crippen LogP contribution in [0.5, 0.6) is 0 Å². The number of hydrogen-bond acceptors (Lipinski definition) is 0. The Bertz CT molecular complexity index is 2170. The second-order valence-electron chi connectivity index (χ2n) is 13.6. The van der Waals surface area contributed by atoms with Crippen molar-refractivity contribution in [1.82, 2.24) is 0 Å². The van der Waals surface area contributed by atoms with Gasteiger partial charge in [-0.15, -0.1) is 0 Å². The van der Waals surface area contributed by atoms with Gasteiger partial charge in [-0.2, -0.15) is 0 Å². The zero-order valence-electron chi connectivity index (χ0n) is 30.2. The van der Waals surface area contributed by atoms with E-state index in [9.17, 15) is 0 Å². The lowest BCUT2D eigenvalue weighted by Crippen LogP contribution is -2.86. The van der Waals surface area contributed by atoms with Crippen molar-refractivity contribution in [2.24, 2.45) is 0 Å². The number of rotatable bonds is 11. The third-order valence-electron chi connectivity index (χ3n) is 10.6. The van der Waals surface area contributed by atoms with Gasteiger partial charge >= 0.3 is 0 Å². The van der Waals surface area contributed by atoms with E-state index in [1.807, 2.05) is 0 Å². The highest BCUT2D eigenvalue weighted by Gasteiger charge is 2.63. The van der Waals surface area contributed by atoms with Crippen LogP contribution in [0.2, 0.25) is 0 Å². The Hall–Kier alpha value is -6.33. The Morgan fingerprint density at radius 1 is 0.241 bits per heavy atom. The molecule has 8 rings (SSSR count). The first kappa shape index (κ1) is 34.7. The predicted octanol–water partition coefficient (Wildman–Crippen LogP) is 10.2. The first-order chi connectivity index (χ1) is 26.8. The summed E-state index contributed by atoms with van der Waals surface area (Å²) in [5.74, 6) is 0. The monoisotopic (exact) mass is 722 g/mol. The summed E-state index contributed by atoms with van der Waals surface area (Å²) < 4.78 is 0. The average Bonchev–Trinajstić information content (AvgIpc) is 3.27. The van der Waals surface area contributed by atoms with Crippen LogP contribution in [0.15, 0.2) is 243 Å². The van der Waals surface area contributed by atoms with Gasteiger partial charge in [0.1, 0.15) is 0 Å². The summed E-state index contributed by atoms with van der Waals surface area (Å²) in [6, 6.07) is 90.5. The SMILES string of the molecule is C(=C(/c1ccccc1)[Si](c1ccccc1)(c1ccccc1)[Si](/C(=C/c1ccccc1)c1ccccc1)(c1ccccc1)c1ccccc1)/c1ccccc1. The Kier molecular flexibility index (Phi) is 10.4. The fraction of sp³-hybridized carbons (Fsp3) is 0. The maximum atomic E-state index is 2.53. The molecule has 0 nitrogen and oxygen atoms in total. The molecule has 258 valence electrons. The molecule has 8 aromatic rings. The van der Waals surface area contributed by atoms with Gasteiger partial charge in [0, 0.05) is 0 Å². The molecular weight excluding hydrogens is 681 g/mol.